The summed E-state index contributed by atoms with van der Waals surface area (Å²) in [6.07, 6.45) is -0.0284. The Morgan fingerprint density at radius 2 is 1.94 bits per heavy atom. The van der Waals surface area contributed by atoms with Gasteiger partial charge in [0, 0.05) is 12.6 Å². The van der Waals surface area contributed by atoms with E-state index in [0.717, 1.165) is 0 Å². The molecule has 5 heteroatoms. The number of carbonyl (C=O) groups excluding carboxylic acids is 1. The zero-order chi connectivity index (χ0) is 12.9. The van der Waals surface area contributed by atoms with Gasteiger partial charge in [-0.2, -0.15) is 0 Å². The van der Waals surface area contributed by atoms with Crippen molar-refractivity contribution in [2.45, 2.75) is 45.7 Å². The number of likely N-dealkylation sites (N-methyl/N-ethyl adjacent to an activating group) is 2. The number of hydrogen-bond donors (Lipinski definition) is 2. The van der Waals surface area contributed by atoms with Crippen LogP contribution in [0.15, 0.2) is 0 Å². The van der Waals surface area contributed by atoms with E-state index in [4.69, 9.17) is 5.11 Å². The maximum absolute atomic E-state index is 12.1. The van der Waals surface area contributed by atoms with Crippen LogP contribution >= 0.6 is 0 Å². The predicted molar refractivity (Wildman–Crippen MR) is 62.2 cm³/mol. The molecule has 16 heavy (non-hydrogen) atoms. The number of carbonyl (C=O) groups is 2. The van der Waals surface area contributed by atoms with Gasteiger partial charge in [-0.3, -0.25) is 9.59 Å². The number of carboxylic acid groups (broad SMARTS) is 1. The molecule has 0 aromatic rings. The van der Waals surface area contributed by atoms with Crippen LogP contribution in [0.4, 0.5) is 0 Å². The highest BCUT2D eigenvalue weighted by molar-refractivity contribution is 5.86. The lowest BCUT2D eigenvalue weighted by molar-refractivity contribution is -0.142. The quantitative estimate of drug-likeness (QED) is 0.704. The lowest BCUT2D eigenvalue weighted by Crippen LogP contribution is -2.55. The highest BCUT2D eigenvalue weighted by Crippen LogP contribution is 2.12. The molecule has 0 aromatic heterocycles. The summed E-state index contributed by atoms with van der Waals surface area (Å²) in [5, 5.41) is 11.6. The van der Waals surface area contributed by atoms with Crippen LogP contribution in [-0.2, 0) is 9.59 Å². The number of nitrogens with one attached hydrogen (secondary N) is 1. The van der Waals surface area contributed by atoms with E-state index in [1.807, 2.05) is 6.92 Å². The zero-order valence-electron chi connectivity index (χ0n) is 10.7. The van der Waals surface area contributed by atoms with Gasteiger partial charge in [0.15, 0.2) is 0 Å². The fraction of sp³-hybridized carbons (Fsp3) is 0.818. The van der Waals surface area contributed by atoms with Crippen molar-refractivity contribution in [2.75, 3.05) is 13.6 Å². The highest BCUT2D eigenvalue weighted by Gasteiger charge is 2.32. The van der Waals surface area contributed by atoms with E-state index >= 15 is 0 Å². The summed E-state index contributed by atoms with van der Waals surface area (Å²) >= 11 is 0. The maximum atomic E-state index is 12.1. The second-order valence-corrected chi connectivity index (χ2v) is 4.41. The van der Waals surface area contributed by atoms with E-state index in [1.165, 1.54) is 0 Å². The van der Waals surface area contributed by atoms with Crippen molar-refractivity contribution in [3.8, 4) is 0 Å². The van der Waals surface area contributed by atoms with Gasteiger partial charge in [-0.05, 0) is 34.7 Å². The smallest absolute Gasteiger partial charge is 0.305 e. The molecule has 5 nitrogen and oxygen atoms in total. The Morgan fingerprint density at radius 1 is 1.44 bits per heavy atom. The van der Waals surface area contributed by atoms with Crippen LogP contribution in [0.1, 0.15) is 34.1 Å². The zero-order valence-corrected chi connectivity index (χ0v) is 10.7. The minimum Gasteiger partial charge on any atom is -0.481 e. The molecule has 1 unspecified atom stereocenters. The van der Waals surface area contributed by atoms with Crippen LogP contribution < -0.4 is 5.32 Å². The van der Waals surface area contributed by atoms with Crippen molar-refractivity contribution >= 4 is 11.9 Å². The molecule has 94 valence electrons. The fourth-order valence-electron chi connectivity index (χ4n) is 1.48. The van der Waals surface area contributed by atoms with Crippen molar-refractivity contribution in [2.24, 2.45) is 0 Å². The van der Waals surface area contributed by atoms with Gasteiger partial charge in [0.25, 0.3) is 0 Å². The normalized spacial score (nSPS) is 13.3. The van der Waals surface area contributed by atoms with Gasteiger partial charge in [-0.15, -0.1) is 0 Å². The van der Waals surface area contributed by atoms with Gasteiger partial charge in [0.1, 0.15) is 0 Å². The van der Waals surface area contributed by atoms with Gasteiger partial charge in [0.2, 0.25) is 5.91 Å². The topological polar surface area (TPSA) is 69.6 Å². The van der Waals surface area contributed by atoms with Crippen molar-refractivity contribution in [3.63, 3.8) is 0 Å². The molecule has 0 saturated heterocycles. The number of carboxylic acids is 1. The van der Waals surface area contributed by atoms with Gasteiger partial charge in [-0.25, -0.2) is 0 Å². The summed E-state index contributed by atoms with van der Waals surface area (Å²) in [5.41, 5.74) is -0.664. The van der Waals surface area contributed by atoms with Crippen LogP contribution in [0.2, 0.25) is 0 Å². The van der Waals surface area contributed by atoms with E-state index in [-0.39, 0.29) is 18.4 Å². The molecule has 0 aromatic carbocycles. The molecule has 0 fully saturated rings. The number of rotatable bonds is 6. The molecule has 0 bridgehead atoms. The van der Waals surface area contributed by atoms with Gasteiger partial charge in [-0.1, -0.05) is 0 Å². The third-order valence-corrected chi connectivity index (χ3v) is 2.76. The Morgan fingerprint density at radius 3 is 2.25 bits per heavy atom. The Bertz CT molecular complexity index is 264. The van der Waals surface area contributed by atoms with Gasteiger partial charge >= 0.3 is 5.97 Å². The number of hydrogen-bond acceptors (Lipinski definition) is 3. The van der Waals surface area contributed by atoms with E-state index in [9.17, 15) is 9.59 Å². The van der Waals surface area contributed by atoms with Crippen LogP contribution in [0.3, 0.4) is 0 Å². The summed E-state index contributed by atoms with van der Waals surface area (Å²) < 4.78 is 0. The number of amides is 1. The fourth-order valence-corrected chi connectivity index (χ4v) is 1.48. The summed E-state index contributed by atoms with van der Waals surface area (Å²) in [4.78, 5) is 24.3. The first-order chi connectivity index (χ1) is 7.26. The first kappa shape index (κ1) is 14.9. The molecule has 0 aliphatic carbocycles. The molecule has 0 saturated carbocycles. The molecule has 1 atom stereocenters. The second kappa shape index (κ2) is 5.84. The minimum atomic E-state index is -0.888. The van der Waals surface area contributed by atoms with Crippen LogP contribution in [0.25, 0.3) is 0 Å². The van der Waals surface area contributed by atoms with Crippen molar-refractivity contribution in [1.29, 1.82) is 0 Å². The third kappa shape index (κ3) is 3.81. The van der Waals surface area contributed by atoms with Crippen LogP contribution in [-0.4, -0.2) is 47.1 Å². The van der Waals surface area contributed by atoms with Gasteiger partial charge in [0.05, 0.1) is 12.0 Å². The number of nitrogens with zero attached hydrogens (tertiary/aromatic N) is 1. The second-order valence-electron chi connectivity index (χ2n) is 4.41. The Balaban J connectivity index is 4.73. The maximum Gasteiger partial charge on any atom is 0.305 e. The Labute approximate surface area is 96.8 Å². The summed E-state index contributed by atoms with van der Waals surface area (Å²) in [6.45, 7) is 7.68. The van der Waals surface area contributed by atoms with Crippen LogP contribution in [0.5, 0.6) is 0 Å². The van der Waals surface area contributed by atoms with E-state index in [0.29, 0.717) is 6.54 Å². The first-order valence-corrected chi connectivity index (χ1v) is 5.48. The minimum absolute atomic E-state index is 0.0284. The highest BCUT2D eigenvalue weighted by atomic mass is 16.4. The van der Waals surface area contributed by atoms with E-state index in [1.54, 1.807) is 32.7 Å². The van der Waals surface area contributed by atoms with Crippen molar-refractivity contribution < 1.29 is 14.7 Å². The first-order valence-electron chi connectivity index (χ1n) is 5.48. The van der Waals surface area contributed by atoms with Crippen molar-refractivity contribution in [1.82, 2.24) is 10.2 Å². The molecule has 0 rings (SSSR count). The molecule has 1 amide bonds. The lowest BCUT2D eigenvalue weighted by Gasteiger charge is -2.34. The largest absolute Gasteiger partial charge is 0.481 e. The average molecular weight is 230 g/mol. The molecular weight excluding hydrogens is 208 g/mol. The molecule has 0 spiro atoms. The summed E-state index contributed by atoms with van der Waals surface area (Å²) in [5.74, 6) is -0.965. The molecular formula is C11H22N2O3. The molecule has 0 radical (unpaired) electrons. The summed E-state index contributed by atoms with van der Waals surface area (Å²) in [7, 11) is 1.72. The predicted octanol–water partition coefficient (Wildman–Crippen LogP) is 0.696. The lowest BCUT2D eigenvalue weighted by atomic mass is 10.0. The van der Waals surface area contributed by atoms with Crippen LogP contribution in [0, 0.1) is 0 Å². The molecule has 0 aliphatic rings. The molecule has 0 aliphatic heterocycles. The average Bonchev–Trinajstić information content (AvgIpc) is 2.17. The molecule has 2 N–H and O–H groups in total. The Kier molecular flexibility index (Phi) is 5.44. The standard InChI is InChI=1S/C11H22N2O3/c1-6-13(8(2)7-9(14)15)10(16)11(3,4)12-5/h8,12H,6-7H2,1-5H3,(H,14,15). The van der Waals surface area contributed by atoms with Gasteiger partial charge < -0.3 is 15.3 Å². The van der Waals surface area contributed by atoms with E-state index < -0.39 is 11.5 Å². The third-order valence-electron chi connectivity index (χ3n) is 2.76. The number of aliphatic carboxylic acids is 1. The SMILES string of the molecule is CCN(C(=O)C(C)(C)NC)C(C)CC(=O)O. The Hall–Kier alpha value is -1.10. The van der Waals surface area contributed by atoms with Crippen molar-refractivity contribution in [3.05, 3.63) is 0 Å². The molecule has 0 heterocycles. The van der Waals surface area contributed by atoms with E-state index in [2.05, 4.69) is 5.32 Å². The summed E-state index contributed by atoms with van der Waals surface area (Å²) in [6, 6.07) is -0.289. The monoisotopic (exact) mass is 230 g/mol.